The lowest BCUT2D eigenvalue weighted by Crippen LogP contribution is -2.33. The summed E-state index contributed by atoms with van der Waals surface area (Å²) < 4.78 is 52.6. The SMILES string of the molecule is CCN(CC)c1ccc2c(c1)Oc1c(Cl)cc(Nc3cccc(C(F)(F)F)c3)cc1C21OC(=O)c2ccccc21. The Morgan fingerprint density at radius 2 is 1.65 bits per heavy atom. The van der Waals surface area contributed by atoms with Gasteiger partial charge in [0.2, 0.25) is 0 Å². The van der Waals surface area contributed by atoms with Crippen molar-refractivity contribution in [2.75, 3.05) is 23.3 Å². The molecular formula is C31H24ClF3N2O3. The highest BCUT2D eigenvalue weighted by Gasteiger charge is 2.54. The lowest BCUT2D eigenvalue weighted by Gasteiger charge is -2.37. The molecule has 4 aromatic rings. The molecule has 6 rings (SSSR count). The molecule has 1 N–H and O–H groups in total. The normalized spacial score (nSPS) is 17.0. The van der Waals surface area contributed by atoms with Gasteiger partial charge in [-0.05, 0) is 62.4 Å². The summed E-state index contributed by atoms with van der Waals surface area (Å²) in [7, 11) is 0. The van der Waals surface area contributed by atoms with Crippen LogP contribution < -0.4 is 15.0 Å². The van der Waals surface area contributed by atoms with Crippen molar-refractivity contribution in [1.82, 2.24) is 0 Å². The number of hydrogen-bond acceptors (Lipinski definition) is 5. The van der Waals surface area contributed by atoms with Gasteiger partial charge in [0.1, 0.15) is 5.75 Å². The van der Waals surface area contributed by atoms with Crippen molar-refractivity contribution in [1.29, 1.82) is 0 Å². The van der Waals surface area contributed by atoms with E-state index in [0.717, 1.165) is 30.9 Å². The van der Waals surface area contributed by atoms with Crippen molar-refractivity contribution in [3.63, 3.8) is 0 Å². The van der Waals surface area contributed by atoms with Gasteiger partial charge in [-0.2, -0.15) is 13.2 Å². The van der Waals surface area contributed by atoms with Crippen LogP contribution in [0, 0.1) is 0 Å². The van der Waals surface area contributed by atoms with Gasteiger partial charge < -0.3 is 19.7 Å². The van der Waals surface area contributed by atoms with Gasteiger partial charge in [0, 0.05) is 47.3 Å². The summed E-state index contributed by atoms with van der Waals surface area (Å²) in [4.78, 5) is 15.4. The molecule has 1 spiro atoms. The molecule has 0 saturated heterocycles. The maximum atomic E-state index is 13.3. The number of esters is 1. The minimum absolute atomic E-state index is 0.214. The molecule has 1 atom stereocenters. The van der Waals surface area contributed by atoms with Gasteiger partial charge >= 0.3 is 12.1 Å². The van der Waals surface area contributed by atoms with Gasteiger partial charge in [0.15, 0.2) is 11.4 Å². The molecule has 4 aromatic carbocycles. The maximum absolute atomic E-state index is 13.3. The number of carbonyl (C=O) groups excluding carboxylic acids is 1. The van der Waals surface area contributed by atoms with Crippen LogP contribution in [-0.4, -0.2) is 19.1 Å². The molecule has 2 aliphatic heterocycles. The van der Waals surface area contributed by atoms with E-state index < -0.39 is 23.3 Å². The van der Waals surface area contributed by atoms with Crippen LogP contribution in [0.1, 0.15) is 46.5 Å². The highest BCUT2D eigenvalue weighted by Crippen LogP contribution is 2.58. The highest BCUT2D eigenvalue weighted by molar-refractivity contribution is 6.32. The molecule has 5 nitrogen and oxygen atoms in total. The molecule has 0 saturated carbocycles. The van der Waals surface area contributed by atoms with E-state index in [0.29, 0.717) is 39.4 Å². The number of nitrogens with zero attached hydrogens (tertiary/aromatic N) is 1. The van der Waals surface area contributed by atoms with E-state index in [-0.39, 0.29) is 10.7 Å². The number of carbonyl (C=O) groups is 1. The average molecular weight is 565 g/mol. The number of ether oxygens (including phenoxy) is 2. The monoisotopic (exact) mass is 564 g/mol. The van der Waals surface area contributed by atoms with Crippen LogP contribution in [0.25, 0.3) is 0 Å². The van der Waals surface area contributed by atoms with Crippen molar-refractivity contribution >= 4 is 34.6 Å². The lowest BCUT2D eigenvalue weighted by atomic mass is 9.77. The minimum atomic E-state index is -4.49. The molecule has 1 unspecified atom stereocenters. The first kappa shape index (κ1) is 26.1. The van der Waals surface area contributed by atoms with Gasteiger partial charge in [-0.15, -0.1) is 0 Å². The maximum Gasteiger partial charge on any atom is 0.416 e. The quantitative estimate of drug-likeness (QED) is 0.246. The first-order valence-corrected chi connectivity index (χ1v) is 13.2. The Hall–Kier alpha value is -4.17. The predicted molar refractivity (Wildman–Crippen MR) is 148 cm³/mol. The number of anilines is 3. The zero-order valence-corrected chi connectivity index (χ0v) is 22.4. The van der Waals surface area contributed by atoms with Crippen LogP contribution in [0.15, 0.2) is 78.9 Å². The fourth-order valence-corrected chi connectivity index (χ4v) is 5.77. The Morgan fingerprint density at radius 1 is 0.875 bits per heavy atom. The summed E-state index contributed by atoms with van der Waals surface area (Å²) in [6.45, 7) is 5.71. The molecule has 0 bridgehead atoms. The molecule has 0 radical (unpaired) electrons. The Balaban J connectivity index is 1.54. The van der Waals surface area contributed by atoms with Crippen molar-refractivity contribution in [3.8, 4) is 11.5 Å². The molecule has 2 heterocycles. The van der Waals surface area contributed by atoms with E-state index in [4.69, 9.17) is 21.1 Å². The number of fused-ring (bicyclic) bond motifs is 6. The Labute approximate surface area is 234 Å². The van der Waals surface area contributed by atoms with Gasteiger partial charge in [0.25, 0.3) is 0 Å². The third-order valence-electron chi connectivity index (χ3n) is 7.36. The third kappa shape index (κ3) is 4.05. The number of alkyl halides is 3. The van der Waals surface area contributed by atoms with Crippen LogP contribution >= 0.6 is 11.6 Å². The molecule has 204 valence electrons. The second-order valence-electron chi connectivity index (χ2n) is 9.61. The Bertz CT molecular complexity index is 1650. The summed E-state index contributed by atoms with van der Waals surface area (Å²) in [5, 5.41) is 3.24. The van der Waals surface area contributed by atoms with E-state index in [1.165, 1.54) is 12.1 Å². The molecule has 0 aliphatic carbocycles. The number of rotatable bonds is 5. The van der Waals surface area contributed by atoms with Gasteiger partial charge in [-0.25, -0.2) is 4.79 Å². The zero-order valence-electron chi connectivity index (χ0n) is 21.6. The second-order valence-corrected chi connectivity index (χ2v) is 10.0. The summed E-state index contributed by atoms with van der Waals surface area (Å²) in [5.74, 6) is 0.321. The third-order valence-corrected chi connectivity index (χ3v) is 7.64. The molecule has 0 amide bonds. The van der Waals surface area contributed by atoms with Crippen molar-refractivity contribution < 1.29 is 27.4 Å². The number of benzene rings is 4. The van der Waals surface area contributed by atoms with E-state index in [9.17, 15) is 18.0 Å². The molecule has 0 fully saturated rings. The Kier molecular flexibility index (Phi) is 6.18. The van der Waals surface area contributed by atoms with E-state index >= 15 is 0 Å². The molecule has 40 heavy (non-hydrogen) atoms. The van der Waals surface area contributed by atoms with Crippen LogP contribution in [0.5, 0.6) is 11.5 Å². The van der Waals surface area contributed by atoms with Gasteiger partial charge in [-0.3, -0.25) is 0 Å². The van der Waals surface area contributed by atoms with Crippen LogP contribution in [0.4, 0.5) is 30.2 Å². The minimum Gasteiger partial charge on any atom is -0.455 e. The summed E-state index contributed by atoms with van der Waals surface area (Å²) in [6, 6.07) is 21.1. The first-order valence-electron chi connectivity index (χ1n) is 12.8. The topological polar surface area (TPSA) is 50.8 Å². The first-order chi connectivity index (χ1) is 19.2. The summed E-state index contributed by atoms with van der Waals surface area (Å²) in [6.07, 6.45) is -4.49. The number of halogens is 4. The Morgan fingerprint density at radius 3 is 2.40 bits per heavy atom. The molecule has 0 aromatic heterocycles. The lowest BCUT2D eigenvalue weighted by molar-refractivity contribution is -0.137. The van der Waals surface area contributed by atoms with Gasteiger partial charge in [-0.1, -0.05) is 35.9 Å². The van der Waals surface area contributed by atoms with Crippen molar-refractivity contribution in [2.24, 2.45) is 0 Å². The smallest absolute Gasteiger partial charge is 0.416 e. The summed E-state index contributed by atoms with van der Waals surface area (Å²) in [5.41, 5.74) is 1.58. The number of hydrogen-bond donors (Lipinski definition) is 1. The second kappa shape index (κ2) is 9.48. The van der Waals surface area contributed by atoms with Crippen LogP contribution in [-0.2, 0) is 16.5 Å². The zero-order chi connectivity index (χ0) is 28.2. The van der Waals surface area contributed by atoms with Crippen LogP contribution in [0.2, 0.25) is 5.02 Å². The van der Waals surface area contributed by atoms with Crippen LogP contribution in [0.3, 0.4) is 0 Å². The highest BCUT2D eigenvalue weighted by atomic mass is 35.5. The fourth-order valence-electron chi connectivity index (χ4n) is 5.51. The fraction of sp³-hybridized carbons (Fsp3) is 0.194. The molecular weight excluding hydrogens is 541 g/mol. The predicted octanol–water partition coefficient (Wildman–Crippen LogP) is 8.52. The number of nitrogens with one attached hydrogen (secondary N) is 1. The standard InChI is InChI=1S/C31H24ClF3N2O3/c1-3-37(4-2)21-12-13-24-27(17-21)39-28-25(30(24)23-11-6-5-10-22(23)29(38)40-30)15-20(16-26(28)32)36-19-9-7-8-18(14-19)31(33,34)35/h5-17,36H,3-4H2,1-2H3. The summed E-state index contributed by atoms with van der Waals surface area (Å²) >= 11 is 6.77. The largest absolute Gasteiger partial charge is 0.455 e. The van der Waals surface area contributed by atoms with Gasteiger partial charge in [0.05, 0.1) is 21.7 Å². The molecule has 9 heteroatoms. The van der Waals surface area contributed by atoms with E-state index in [1.807, 2.05) is 30.3 Å². The van der Waals surface area contributed by atoms with Crippen molar-refractivity contribution in [3.05, 3.63) is 112 Å². The van der Waals surface area contributed by atoms with E-state index in [2.05, 4.69) is 24.1 Å². The van der Waals surface area contributed by atoms with E-state index in [1.54, 1.807) is 24.3 Å². The average Bonchev–Trinajstić information content (AvgIpc) is 3.23. The molecule has 2 aliphatic rings. The van der Waals surface area contributed by atoms with Crippen molar-refractivity contribution in [2.45, 2.75) is 25.6 Å².